The summed E-state index contributed by atoms with van der Waals surface area (Å²) in [6.07, 6.45) is 8.46. The number of carbonyl (C=O) groups excluding carboxylic acids is 1. The fraction of sp³-hybridized carbons (Fsp3) is 0.478. The van der Waals surface area contributed by atoms with E-state index in [-0.39, 0.29) is 5.91 Å². The van der Waals surface area contributed by atoms with Gasteiger partial charge in [0.15, 0.2) is 11.5 Å². The van der Waals surface area contributed by atoms with Crippen molar-refractivity contribution < 1.29 is 14.3 Å². The number of nitrogens with one attached hydrogen (secondary N) is 1. The second-order valence-corrected chi connectivity index (χ2v) is 7.86. The van der Waals surface area contributed by atoms with Crippen LogP contribution in [0.4, 0.5) is 5.82 Å². The fourth-order valence-corrected chi connectivity index (χ4v) is 4.30. The van der Waals surface area contributed by atoms with Crippen molar-refractivity contribution in [2.24, 2.45) is 0 Å². The average Bonchev–Trinajstić information content (AvgIpc) is 2.78. The molecule has 1 aliphatic carbocycles. The van der Waals surface area contributed by atoms with Gasteiger partial charge in [0.25, 0.3) is 5.91 Å². The zero-order chi connectivity index (χ0) is 20.2. The number of anilines is 1. The van der Waals surface area contributed by atoms with Crippen LogP contribution >= 0.6 is 0 Å². The molecule has 2 aliphatic rings. The molecule has 0 bridgehead atoms. The summed E-state index contributed by atoms with van der Waals surface area (Å²) in [5, 5.41) is 3.15. The van der Waals surface area contributed by atoms with Crippen molar-refractivity contribution in [2.45, 2.75) is 51.1 Å². The van der Waals surface area contributed by atoms with Gasteiger partial charge in [0, 0.05) is 25.3 Å². The largest absolute Gasteiger partial charge is 0.493 e. The van der Waals surface area contributed by atoms with Crippen LogP contribution in [0.5, 0.6) is 11.5 Å². The van der Waals surface area contributed by atoms with E-state index in [2.05, 4.69) is 21.3 Å². The molecule has 0 atom stereocenters. The van der Waals surface area contributed by atoms with Crippen LogP contribution in [0.25, 0.3) is 0 Å². The average molecular weight is 396 g/mol. The van der Waals surface area contributed by atoms with Crippen molar-refractivity contribution in [1.29, 1.82) is 0 Å². The SMILES string of the molecule is COc1cc2c(cc1OC)CN(c1ccc(C(=O)NC3CCCCC3)cn1)CC2. The Morgan fingerprint density at radius 1 is 1.07 bits per heavy atom. The lowest BCUT2D eigenvalue weighted by Gasteiger charge is -2.30. The monoisotopic (exact) mass is 395 g/mol. The number of ether oxygens (including phenoxy) is 2. The number of fused-ring (bicyclic) bond motifs is 1. The number of nitrogens with zero attached hydrogens (tertiary/aromatic N) is 2. The van der Waals surface area contributed by atoms with Crippen LogP contribution in [0, 0.1) is 0 Å². The van der Waals surface area contributed by atoms with Gasteiger partial charge in [-0.15, -0.1) is 0 Å². The van der Waals surface area contributed by atoms with Crippen molar-refractivity contribution in [3.8, 4) is 11.5 Å². The Morgan fingerprint density at radius 2 is 1.79 bits per heavy atom. The van der Waals surface area contributed by atoms with Crippen LogP contribution in [0.3, 0.4) is 0 Å². The first-order valence-corrected chi connectivity index (χ1v) is 10.4. The van der Waals surface area contributed by atoms with Gasteiger partial charge in [-0.3, -0.25) is 4.79 Å². The Labute approximate surface area is 172 Å². The van der Waals surface area contributed by atoms with E-state index >= 15 is 0 Å². The van der Waals surface area contributed by atoms with Gasteiger partial charge in [-0.1, -0.05) is 19.3 Å². The summed E-state index contributed by atoms with van der Waals surface area (Å²) in [6, 6.07) is 8.25. The fourth-order valence-electron chi connectivity index (χ4n) is 4.30. The Balaban J connectivity index is 1.44. The van der Waals surface area contributed by atoms with Crippen molar-refractivity contribution in [3.05, 3.63) is 47.2 Å². The first kappa shape index (κ1) is 19.6. The minimum absolute atomic E-state index is 0.0169. The van der Waals surface area contributed by atoms with E-state index in [0.29, 0.717) is 11.6 Å². The molecule has 1 aliphatic heterocycles. The third kappa shape index (κ3) is 4.31. The molecule has 2 heterocycles. The first-order chi connectivity index (χ1) is 14.2. The standard InChI is InChI=1S/C23H29N3O3/c1-28-20-12-16-10-11-26(15-18(16)13-21(20)29-2)22-9-8-17(14-24-22)23(27)25-19-6-4-3-5-7-19/h8-9,12-14,19H,3-7,10-11,15H2,1-2H3,(H,25,27). The maximum absolute atomic E-state index is 12.5. The van der Waals surface area contributed by atoms with Gasteiger partial charge in [0.1, 0.15) is 5.82 Å². The van der Waals surface area contributed by atoms with E-state index in [0.717, 1.165) is 49.7 Å². The van der Waals surface area contributed by atoms with Crippen molar-refractivity contribution >= 4 is 11.7 Å². The van der Waals surface area contributed by atoms with E-state index in [4.69, 9.17) is 9.47 Å². The number of rotatable bonds is 5. The van der Waals surface area contributed by atoms with Gasteiger partial charge >= 0.3 is 0 Å². The van der Waals surface area contributed by atoms with Crippen LogP contribution in [0.15, 0.2) is 30.5 Å². The van der Waals surface area contributed by atoms with Gasteiger partial charge in [0.2, 0.25) is 0 Å². The van der Waals surface area contributed by atoms with Crippen molar-refractivity contribution in [2.75, 3.05) is 25.7 Å². The molecule has 0 radical (unpaired) electrons. The van der Waals surface area contributed by atoms with Crippen LogP contribution in [-0.4, -0.2) is 37.7 Å². The number of aromatic nitrogens is 1. The summed E-state index contributed by atoms with van der Waals surface area (Å²) in [5.74, 6) is 2.39. The summed E-state index contributed by atoms with van der Waals surface area (Å²) in [7, 11) is 3.32. The second-order valence-electron chi connectivity index (χ2n) is 7.86. The molecule has 1 N–H and O–H groups in total. The lowest BCUT2D eigenvalue weighted by Crippen LogP contribution is -2.36. The van der Waals surface area contributed by atoms with Crippen LogP contribution < -0.4 is 19.7 Å². The summed E-state index contributed by atoms with van der Waals surface area (Å²) >= 11 is 0. The molecule has 154 valence electrons. The van der Waals surface area contributed by atoms with Crippen LogP contribution in [0.1, 0.15) is 53.6 Å². The predicted octanol–water partition coefficient (Wildman–Crippen LogP) is 3.72. The Kier molecular flexibility index (Phi) is 5.88. The molecule has 29 heavy (non-hydrogen) atoms. The molecule has 0 saturated heterocycles. The third-order valence-corrected chi connectivity index (χ3v) is 5.99. The van der Waals surface area contributed by atoms with Gasteiger partial charge in [-0.25, -0.2) is 4.98 Å². The smallest absolute Gasteiger partial charge is 0.253 e. The number of hydrogen-bond donors (Lipinski definition) is 1. The lowest BCUT2D eigenvalue weighted by atomic mass is 9.95. The number of amides is 1. The highest BCUT2D eigenvalue weighted by atomic mass is 16.5. The predicted molar refractivity (Wildman–Crippen MR) is 113 cm³/mol. The van der Waals surface area contributed by atoms with Gasteiger partial charge in [-0.2, -0.15) is 0 Å². The molecule has 1 amide bonds. The highest BCUT2D eigenvalue weighted by Gasteiger charge is 2.21. The van der Waals surface area contributed by atoms with Crippen molar-refractivity contribution in [1.82, 2.24) is 10.3 Å². The molecule has 2 aromatic rings. The third-order valence-electron chi connectivity index (χ3n) is 5.99. The Morgan fingerprint density at radius 3 is 2.45 bits per heavy atom. The normalized spacial score (nSPS) is 16.8. The molecule has 4 rings (SSSR count). The number of pyridine rings is 1. The Bertz CT molecular complexity index is 860. The van der Waals surface area contributed by atoms with E-state index in [1.807, 2.05) is 18.2 Å². The van der Waals surface area contributed by atoms with E-state index in [1.165, 1.54) is 30.4 Å². The second kappa shape index (κ2) is 8.72. The summed E-state index contributed by atoms with van der Waals surface area (Å²) < 4.78 is 10.9. The van der Waals surface area contributed by atoms with Gasteiger partial charge < -0.3 is 19.7 Å². The maximum atomic E-state index is 12.5. The van der Waals surface area contributed by atoms with Gasteiger partial charge in [0.05, 0.1) is 19.8 Å². The molecule has 1 aromatic heterocycles. The first-order valence-electron chi connectivity index (χ1n) is 10.4. The van der Waals surface area contributed by atoms with Gasteiger partial charge in [-0.05, 0) is 54.7 Å². The molecule has 6 heteroatoms. The lowest BCUT2D eigenvalue weighted by molar-refractivity contribution is 0.0927. The molecule has 0 unspecified atom stereocenters. The number of hydrogen-bond acceptors (Lipinski definition) is 5. The highest BCUT2D eigenvalue weighted by Crippen LogP contribution is 2.34. The number of carbonyl (C=O) groups is 1. The summed E-state index contributed by atoms with van der Waals surface area (Å²) in [4.78, 5) is 19.3. The Hall–Kier alpha value is -2.76. The quantitative estimate of drug-likeness (QED) is 0.836. The van der Waals surface area contributed by atoms with Crippen molar-refractivity contribution in [3.63, 3.8) is 0 Å². The summed E-state index contributed by atoms with van der Waals surface area (Å²) in [5.41, 5.74) is 3.13. The van der Waals surface area contributed by atoms with E-state index in [1.54, 1.807) is 20.4 Å². The van der Waals surface area contributed by atoms with Crippen LogP contribution in [0.2, 0.25) is 0 Å². The zero-order valence-electron chi connectivity index (χ0n) is 17.2. The minimum atomic E-state index is -0.0169. The molecular weight excluding hydrogens is 366 g/mol. The molecule has 6 nitrogen and oxygen atoms in total. The topological polar surface area (TPSA) is 63.7 Å². The summed E-state index contributed by atoms with van der Waals surface area (Å²) in [6.45, 7) is 1.64. The zero-order valence-corrected chi connectivity index (χ0v) is 17.2. The van der Waals surface area contributed by atoms with E-state index in [9.17, 15) is 4.79 Å². The van der Waals surface area contributed by atoms with Crippen LogP contribution in [-0.2, 0) is 13.0 Å². The molecule has 0 spiro atoms. The highest BCUT2D eigenvalue weighted by molar-refractivity contribution is 5.94. The number of benzene rings is 1. The van der Waals surface area contributed by atoms with E-state index < -0.39 is 0 Å². The molecule has 1 fully saturated rings. The molecular formula is C23H29N3O3. The molecule has 1 aromatic carbocycles. The molecule has 1 saturated carbocycles. The number of methoxy groups -OCH3 is 2. The minimum Gasteiger partial charge on any atom is -0.493 e. The maximum Gasteiger partial charge on any atom is 0.253 e.